The van der Waals surface area contributed by atoms with E-state index in [1.807, 2.05) is 13.8 Å². The Morgan fingerprint density at radius 1 is 1.43 bits per heavy atom. The van der Waals surface area contributed by atoms with Crippen LogP contribution in [-0.4, -0.2) is 25.4 Å². The molecule has 0 heterocycles. The van der Waals surface area contributed by atoms with Crippen molar-refractivity contribution >= 4 is 44.0 Å². The summed E-state index contributed by atoms with van der Waals surface area (Å²) in [5.41, 5.74) is 4.74. The van der Waals surface area contributed by atoms with E-state index in [0.29, 0.717) is 6.42 Å². The first-order chi connectivity index (χ1) is 10.0. The molecule has 0 aliphatic rings. The Kier molecular flexibility index (Phi) is 8.12. The van der Waals surface area contributed by atoms with Crippen molar-refractivity contribution in [2.45, 2.75) is 37.6 Å². The molecule has 10 heteroatoms. The van der Waals surface area contributed by atoms with Gasteiger partial charge in [0.05, 0.1) is 14.3 Å². The smallest absolute Gasteiger partial charge is 0.283 e. The van der Waals surface area contributed by atoms with Crippen molar-refractivity contribution in [1.82, 2.24) is 4.72 Å². The Morgan fingerprint density at radius 2 is 2.00 bits per heavy atom. The molecule has 0 bridgehead atoms. The molecular formula is C13H21BrClN3O4S. The van der Waals surface area contributed by atoms with Crippen LogP contribution in [0.2, 0.25) is 0 Å². The van der Waals surface area contributed by atoms with Crippen molar-refractivity contribution in [3.63, 3.8) is 0 Å². The third-order valence-corrected chi connectivity index (χ3v) is 5.39. The van der Waals surface area contributed by atoms with Crippen molar-refractivity contribution in [3.8, 4) is 0 Å². The van der Waals surface area contributed by atoms with E-state index >= 15 is 0 Å². The quantitative estimate of drug-likeness (QED) is 0.510. The normalized spacial score (nSPS) is 14.2. The molecule has 0 saturated heterocycles. The molecule has 132 valence electrons. The molecule has 0 saturated carbocycles. The Balaban J connectivity index is 0.00000484. The molecule has 0 fully saturated rings. The maximum absolute atomic E-state index is 12.5. The highest BCUT2D eigenvalue weighted by Gasteiger charge is 2.31. The van der Waals surface area contributed by atoms with Crippen molar-refractivity contribution in [2.75, 3.05) is 6.54 Å². The fourth-order valence-corrected chi connectivity index (χ4v) is 4.38. The molecule has 3 N–H and O–H groups in total. The van der Waals surface area contributed by atoms with Crippen LogP contribution in [0.25, 0.3) is 0 Å². The fourth-order valence-electron chi connectivity index (χ4n) is 2.25. The molecule has 1 atom stereocenters. The summed E-state index contributed by atoms with van der Waals surface area (Å²) in [4.78, 5) is 10.1. The molecule has 1 aromatic rings. The number of nitrogens with one attached hydrogen (secondary N) is 1. The molecule has 0 radical (unpaired) electrons. The number of hydrogen-bond acceptors (Lipinski definition) is 5. The van der Waals surface area contributed by atoms with E-state index in [-0.39, 0.29) is 39.9 Å². The number of benzene rings is 1. The molecule has 0 aliphatic heterocycles. The van der Waals surface area contributed by atoms with Gasteiger partial charge in [0, 0.05) is 18.2 Å². The Morgan fingerprint density at radius 3 is 2.39 bits per heavy atom. The SMILES string of the molecule is CC(C)CC(C)(CN)NS(=O)(=O)c1ccc([N+](=O)[O-])c(Br)c1.Cl. The zero-order valence-corrected chi connectivity index (χ0v) is 16.3. The van der Waals surface area contributed by atoms with E-state index in [4.69, 9.17) is 5.73 Å². The predicted molar refractivity (Wildman–Crippen MR) is 95.3 cm³/mol. The van der Waals surface area contributed by atoms with Gasteiger partial charge >= 0.3 is 0 Å². The van der Waals surface area contributed by atoms with E-state index < -0.39 is 20.5 Å². The molecule has 1 aromatic carbocycles. The number of nitrogens with two attached hydrogens (primary N) is 1. The summed E-state index contributed by atoms with van der Waals surface area (Å²) >= 11 is 3.02. The van der Waals surface area contributed by atoms with Gasteiger partial charge in [0.2, 0.25) is 10.0 Å². The van der Waals surface area contributed by atoms with Crippen molar-refractivity contribution in [1.29, 1.82) is 0 Å². The highest BCUT2D eigenvalue weighted by atomic mass is 79.9. The minimum absolute atomic E-state index is 0. The van der Waals surface area contributed by atoms with Gasteiger partial charge in [0.25, 0.3) is 5.69 Å². The number of nitrogens with zero attached hydrogens (tertiary/aromatic N) is 1. The summed E-state index contributed by atoms with van der Waals surface area (Å²) in [5, 5.41) is 10.8. The van der Waals surface area contributed by atoms with Crippen LogP contribution in [0.15, 0.2) is 27.6 Å². The molecule has 0 amide bonds. The summed E-state index contributed by atoms with van der Waals surface area (Å²) < 4.78 is 27.6. The molecule has 23 heavy (non-hydrogen) atoms. The van der Waals surface area contributed by atoms with Crippen LogP contribution in [-0.2, 0) is 10.0 Å². The van der Waals surface area contributed by atoms with E-state index in [1.54, 1.807) is 6.92 Å². The monoisotopic (exact) mass is 429 g/mol. The lowest BCUT2D eigenvalue weighted by molar-refractivity contribution is -0.385. The van der Waals surface area contributed by atoms with Gasteiger partial charge in [0.1, 0.15) is 0 Å². The lowest BCUT2D eigenvalue weighted by atomic mass is 9.92. The zero-order valence-electron chi connectivity index (χ0n) is 13.1. The fraction of sp³-hybridized carbons (Fsp3) is 0.538. The zero-order chi connectivity index (χ0) is 17.1. The minimum atomic E-state index is -3.82. The standard InChI is InChI=1S/C13H20BrN3O4S.ClH/c1-9(2)7-13(3,8-15)16-22(20,21)10-4-5-12(17(18)19)11(14)6-10;/h4-6,9,16H,7-8,15H2,1-3H3;1H. The average Bonchev–Trinajstić information content (AvgIpc) is 2.36. The van der Waals surface area contributed by atoms with Gasteiger partial charge in [-0.25, -0.2) is 13.1 Å². The van der Waals surface area contributed by atoms with Gasteiger partial charge in [-0.05, 0) is 47.3 Å². The van der Waals surface area contributed by atoms with Crippen LogP contribution >= 0.6 is 28.3 Å². The molecule has 1 unspecified atom stereocenters. The summed E-state index contributed by atoms with van der Waals surface area (Å²) in [7, 11) is -3.82. The second kappa shape index (κ2) is 8.39. The number of sulfonamides is 1. The minimum Gasteiger partial charge on any atom is -0.329 e. The van der Waals surface area contributed by atoms with Crippen LogP contribution in [0.3, 0.4) is 0 Å². The van der Waals surface area contributed by atoms with Crippen molar-refractivity contribution in [3.05, 3.63) is 32.8 Å². The van der Waals surface area contributed by atoms with Crippen LogP contribution in [0.4, 0.5) is 5.69 Å². The van der Waals surface area contributed by atoms with Gasteiger partial charge in [-0.15, -0.1) is 12.4 Å². The molecule has 7 nitrogen and oxygen atoms in total. The number of nitro benzene ring substituents is 1. The van der Waals surface area contributed by atoms with E-state index in [2.05, 4.69) is 20.7 Å². The van der Waals surface area contributed by atoms with E-state index in [9.17, 15) is 18.5 Å². The van der Waals surface area contributed by atoms with Gasteiger partial charge in [0.15, 0.2) is 0 Å². The van der Waals surface area contributed by atoms with Crippen LogP contribution in [0.1, 0.15) is 27.2 Å². The van der Waals surface area contributed by atoms with Gasteiger partial charge in [-0.2, -0.15) is 0 Å². The first kappa shape index (κ1) is 22.3. The summed E-state index contributed by atoms with van der Waals surface area (Å²) in [6, 6.07) is 3.57. The Labute approximate surface area is 150 Å². The van der Waals surface area contributed by atoms with Gasteiger partial charge < -0.3 is 5.73 Å². The number of rotatable bonds is 7. The Hall–Kier alpha value is -0.740. The van der Waals surface area contributed by atoms with Crippen LogP contribution in [0, 0.1) is 16.0 Å². The maximum atomic E-state index is 12.5. The molecule has 0 aliphatic carbocycles. The average molecular weight is 431 g/mol. The summed E-state index contributed by atoms with van der Waals surface area (Å²) in [6.07, 6.45) is 0.580. The number of nitro groups is 1. The summed E-state index contributed by atoms with van der Waals surface area (Å²) in [6.45, 7) is 5.85. The summed E-state index contributed by atoms with van der Waals surface area (Å²) in [5.74, 6) is 0.264. The highest BCUT2D eigenvalue weighted by Crippen LogP contribution is 2.28. The molecule has 1 rings (SSSR count). The first-order valence-corrected chi connectivity index (χ1v) is 8.96. The van der Waals surface area contributed by atoms with Crippen LogP contribution < -0.4 is 10.5 Å². The largest absolute Gasteiger partial charge is 0.329 e. The number of halogens is 2. The topological polar surface area (TPSA) is 115 Å². The second-order valence-electron chi connectivity index (χ2n) is 5.84. The van der Waals surface area contributed by atoms with E-state index in [1.165, 1.54) is 12.1 Å². The predicted octanol–water partition coefficient (Wildman–Crippen LogP) is 2.82. The number of hydrogen-bond donors (Lipinski definition) is 2. The third-order valence-electron chi connectivity index (χ3n) is 3.12. The Bertz CT molecular complexity index is 669. The van der Waals surface area contributed by atoms with Crippen molar-refractivity contribution in [2.24, 2.45) is 11.7 Å². The highest BCUT2D eigenvalue weighted by molar-refractivity contribution is 9.10. The third kappa shape index (κ3) is 6.00. The molecule has 0 aromatic heterocycles. The van der Waals surface area contributed by atoms with Gasteiger partial charge in [-0.1, -0.05) is 13.8 Å². The lowest BCUT2D eigenvalue weighted by Gasteiger charge is -2.30. The van der Waals surface area contributed by atoms with Gasteiger partial charge in [-0.3, -0.25) is 10.1 Å². The maximum Gasteiger partial charge on any atom is 0.283 e. The second-order valence-corrected chi connectivity index (χ2v) is 8.38. The van der Waals surface area contributed by atoms with E-state index in [0.717, 1.165) is 6.07 Å². The lowest BCUT2D eigenvalue weighted by Crippen LogP contribution is -2.51. The molecular weight excluding hydrogens is 410 g/mol. The molecule has 0 spiro atoms. The van der Waals surface area contributed by atoms with Crippen molar-refractivity contribution < 1.29 is 13.3 Å². The van der Waals surface area contributed by atoms with Crippen LogP contribution in [0.5, 0.6) is 0 Å². The first-order valence-electron chi connectivity index (χ1n) is 6.69.